The molecule has 68 valence electrons. The number of ether oxygens (including phenoxy) is 1. The molecule has 0 bridgehead atoms. The summed E-state index contributed by atoms with van der Waals surface area (Å²) < 4.78 is 4.98. The summed E-state index contributed by atoms with van der Waals surface area (Å²) >= 11 is 0. The van der Waals surface area contributed by atoms with Crippen molar-refractivity contribution in [1.29, 1.82) is 0 Å². The lowest BCUT2D eigenvalue weighted by Crippen LogP contribution is -2.11. The van der Waals surface area contributed by atoms with Gasteiger partial charge in [-0.25, -0.2) is 0 Å². The van der Waals surface area contributed by atoms with Crippen LogP contribution in [0, 0.1) is 5.92 Å². The third-order valence-corrected chi connectivity index (χ3v) is 1.59. The second kappa shape index (κ2) is 6.62. The Balaban J connectivity index is 3.10. The molecule has 11 heavy (non-hydrogen) atoms. The van der Waals surface area contributed by atoms with E-state index in [1.165, 1.54) is 6.42 Å². The van der Waals surface area contributed by atoms with Crippen LogP contribution in [0.5, 0.6) is 0 Å². The highest BCUT2D eigenvalue weighted by atomic mass is 16.6. The third-order valence-electron chi connectivity index (χ3n) is 1.59. The topological polar surface area (TPSA) is 29.5 Å². The third kappa shape index (κ3) is 7.82. The Hall–Kier alpha value is -0.0800. The first-order valence-electron chi connectivity index (χ1n) is 4.46. The van der Waals surface area contributed by atoms with Gasteiger partial charge in [0, 0.05) is 6.61 Å². The largest absolute Gasteiger partial charge is 0.368 e. The molecule has 1 atom stereocenters. The molecule has 0 spiro atoms. The van der Waals surface area contributed by atoms with Crippen LogP contribution in [-0.4, -0.2) is 18.0 Å². The van der Waals surface area contributed by atoms with Crippen molar-refractivity contribution in [3.8, 4) is 0 Å². The van der Waals surface area contributed by atoms with Crippen LogP contribution in [0.25, 0.3) is 0 Å². The van der Waals surface area contributed by atoms with Crippen LogP contribution >= 0.6 is 0 Å². The lowest BCUT2D eigenvalue weighted by atomic mass is 10.1. The summed E-state index contributed by atoms with van der Waals surface area (Å²) in [5, 5.41) is 9.14. The van der Waals surface area contributed by atoms with E-state index < -0.39 is 6.29 Å². The van der Waals surface area contributed by atoms with Crippen molar-refractivity contribution in [3.63, 3.8) is 0 Å². The zero-order chi connectivity index (χ0) is 8.69. The van der Waals surface area contributed by atoms with Gasteiger partial charge in [0.2, 0.25) is 0 Å². The normalized spacial score (nSPS) is 13.9. The van der Waals surface area contributed by atoms with Crippen molar-refractivity contribution in [3.05, 3.63) is 0 Å². The number of aliphatic hydroxyl groups is 1. The van der Waals surface area contributed by atoms with Gasteiger partial charge in [-0.15, -0.1) is 0 Å². The van der Waals surface area contributed by atoms with E-state index in [-0.39, 0.29) is 0 Å². The minimum atomic E-state index is -0.543. The molecular formula is C9H20O2. The van der Waals surface area contributed by atoms with E-state index in [9.17, 15) is 0 Å². The summed E-state index contributed by atoms with van der Waals surface area (Å²) in [6, 6.07) is 0. The van der Waals surface area contributed by atoms with Crippen molar-refractivity contribution in [2.24, 2.45) is 5.92 Å². The fourth-order valence-corrected chi connectivity index (χ4v) is 0.976. The predicted octanol–water partition coefficient (Wildman–Crippen LogP) is 2.17. The van der Waals surface area contributed by atoms with Gasteiger partial charge in [0.1, 0.15) is 0 Å². The van der Waals surface area contributed by atoms with Gasteiger partial charge in [-0.2, -0.15) is 0 Å². The van der Waals surface area contributed by atoms with Gasteiger partial charge in [0.05, 0.1) is 0 Å². The number of hydrogen-bond acceptors (Lipinski definition) is 2. The van der Waals surface area contributed by atoms with E-state index in [2.05, 4.69) is 13.8 Å². The Morgan fingerprint density at radius 1 is 1.27 bits per heavy atom. The first kappa shape index (κ1) is 10.9. The molecular weight excluding hydrogens is 140 g/mol. The minimum absolute atomic E-state index is 0.543. The molecule has 2 nitrogen and oxygen atoms in total. The summed E-state index contributed by atoms with van der Waals surface area (Å²) in [4.78, 5) is 0. The van der Waals surface area contributed by atoms with Gasteiger partial charge in [0.25, 0.3) is 0 Å². The SMILES string of the molecule is CCOC(O)CCCC(C)C. The molecule has 0 aromatic rings. The maximum Gasteiger partial charge on any atom is 0.154 e. The molecule has 0 saturated heterocycles. The van der Waals surface area contributed by atoms with Crippen molar-refractivity contribution in [2.75, 3.05) is 6.61 Å². The van der Waals surface area contributed by atoms with Crippen LogP contribution in [0.3, 0.4) is 0 Å². The Kier molecular flexibility index (Phi) is 6.57. The second-order valence-electron chi connectivity index (χ2n) is 3.23. The number of hydrogen-bond donors (Lipinski definition) is 1. The predicted molar refractivity (Wildman–Crippen MR) is 46.3 cm³/mol. The zero-order valence-electron chi connectivity index (χ0n) is 7.84. The molecule has 0 rings (SSSR count). The summed E-state index contributed by atoms with van der Waals surface area (Å²) in [5.41, 5.74) is 0. The molecule has 2 heteroatoms. The van der Waals surface area contributed by atoms with E-state index in [4.69, 9.17) is 9.84 Å². The fourth-order valence-electron chi connectivity index (χ4n) is 0.976. The lowest BCUT2D eigenvalue weighted by Gasteiger charge is -2.10. The highest BCUT2D eigenvalue weighted by molar-refractivity contribution is 4.48. The van der Waals surface area contributed by atoms with Crippen LogP contribution < -0.4 is 0 Å². The molecule has 0 aliphatic carbocycles. The molecule has 1 unspecified atom stereocenters. The van der Waals surface area contributed by atoms with E-state index >= 15 is 0 Å². The maximum absolute atomic E-state index is 9.14. The van der Waals surface area contributed by atoms with Gasteiger partial charge in [0.15, 0.2) is 6.29 Å². The smallest absolute Gasteiger partial charge is 0.154 e. The van der Waals surface area contributed by atoms with E-state index in [0.29, 0.717) is 6.61 Å². The summed E-state index contributed by atoms with van der Waals surface area (Å²) in [6.07, 6.45) is 2.45. The van der Waals surface area contributed by atoms with Crippen LogP contribution in [0.15, 0.2) is 0 Å². The minimum Gasteiger partial charge on any atom is -0.368 e. The fraction of sp³-hybridized carbons (Fsp3) is 1.00. The standard InChI is InChI=1S/C9H20O2/c1-4-11-9(10)7-5-6-8(2)3/h8-10H,4-7H2,1-3H3. The van der Waals surface area contributed by atoms with E-state index in [1.54, 1.807) is 0 Å². The first-order chi connectivity index (χ1) is 5.16. The average Bonchev–Trinajstić information content (AvgIpc) is 1.87. The molecule has 0 fully saturated rings. The molecule has 0 saturated carbocycles. The molecule has 0 aromatic carbocycles. The first-order valence-corrected chi connectivity index (χ1v) is 4.46. The zero-order valence-corrected chi connectivity index (χ0v) is 7.84. The summed E-state index contributed by atoms with van der Waals surface area (Å²) in [5.74, 6) is 0.726. The molecule has 1 N–H and O–H groups in total. The van der Waals surface area contributed by atoms with Gasteiger partial charge in [-0.1, -0.05) is 20.3 Å². The van der Waals surface area contributed by atoms with Crippen LogP contribution in [-0.2, 0) is 4.74 Å². The molecule has 0 amide bonds. The van der Waals surface area contributed by atoms with Crippen molar-refractivity contribution in [1.82, 2.24) is 0 Å². The Morgan fingerprint density at radius 3 is 2.36 bits per heavy atom. The van der Waals surface area contributed by atoms with Crippen molar-refractivity contribution in [2.45, 2.75) is 46.3 Å². The Bertz CT molecular complexity index is 81.6. The van der Waals surface area contributed by atoms with Gasteiger partial charge < -0.3 is 9.84 Å². The molecule has 0 aliphatic heterocycles. The molecule has 0 aliphatic rings. The maximum atomic E-state index is 9.14. The van der Waals surface area contributed by atoms with E-state index in [1.807, 2.05) is 6.92 Å². The Morgan fingerprint density at radius 2 is 1.91 bits per heavy atom. The average molecular weight is 160 g/mol. The molecule has 0 radical (unpaired) electrons. The highest BCUT2D eigenvalue weighted by Crippen LogP contribution is 2.08. The van der Waals surface area contributed by atoms with Crippen molar-refractivity contribution >= 4 is 0 Å². The molecule has 0 heterocycles. The van der Waals surface area contributed by atoms with E-state index in [0.717, 1.165) is 18.8 Å². The van der Waals surface area contributed by atoms with Crippen molar-refractivity contribution < 1.29 is 9.84 Å². The summed E-state index contributed by atoms with van der Waals surface area (Å²) in [7, 11) is 0. The second-order valence-corrected chi connectivity index (χ2v) is 3.23. The molecule has 0 aromatic heterocycles. The van der Waals surface area contributed by atoms with Crippen LogP contribution in [0.1, 0.15) is 40.0 Å². The van der Waals surface area contributed by atoms with Crippen LogP contribution in [0.4, 0.5) is 0 Å². The summed E-state index contributed by atoms with van der Waals surface area (Å²) in [6.45, 7) is 6.87. The monoisotopic (exact) mass is 160 g/mol. The number of rotatable bonds is 6. The highest BCUT2D eigenvalue weighted by Gasteiger charge is 2.02. The Labute approximate surface area is 69.6 Å². The van der Waals surface area contributed by atoms with Gasteiger partial charge >= 0.3 is 0 Å². The van der Waals surface area contributed by atoms with Gasteiger partial charge in [-0.05, 0) is 25.7 Å². The quantitative estimate of drug-likeness (QED) is 0.603. The van der Waals surface area contributed by atoms with Crippen LogP contribution in [0.2, 0.25) is 0 Å². The lowest BCUT2D eigenvalue weighted by molar-refractivity contribution is -0.0996. The number of aliphatic hydroxyl groups excluding tert-OH is 1. The van der Waals surface area contributed by atoms with Gasteiger partial charge in [-0.3, -0.25) is 0 Å².